The SMILES string of the molecule is C[C@@](CO)(NCc1cc(Cl)c(O[C@H]2CCc3c(-c4cccc(OCCCN5CC(O)C5)c4Cl)cc(F)cc32)cc1OCc1cncc(C#N)c1)C(=O)O. The lowest BCUT2D eigenvalue weighted by Crippen LogP contribution is -2.52. The van der Waals surface area contributed by atoms with Gasteiger partial charge in [-0.3, -0.25) is 20.0 Å². The predicted octanol–water partition coefficient (Wildman–Crippen LogP) is 6.08. The van der Waals surface area contributed by atoms with Gasteiger partial charge in [-0.05, 0) is 73.2 Å². The maximum absolute atomic E-state index is 15.3. The van der Waals surface area contributed by atoms with Gasteiger partial charge in [0.05, 0.1) is 34.9 Å². The Morgan fingerprint density at radius 2 is 1.92 bits per heavy atom. The quantitative estimate of drug-likeness (QED) is 0.0981. The van der Waals surface area contributed by atoms with Crippen LogP contribution < -0.4 is 19.5 Å². The van der Waals surface area contributed by atoms with Gasteiger partial charge in [0.1, 0.15) is 47.4 Å². The molecule has 4 N–H and O–H groups in total. The van der Waals surface area contributed by atoms with E-state index in [4.69, 9.17) is 37.4 Å². The predicted molar refractivity (Wildman–Crippen MR) is 196 cm³/mol. The Hall–Kier alpha value is -4.48. The highest BCUT2D eigenvalue weighted by Crippen LogP contribution is 2.45. The Labute approximate surface area is 316 Å². The van der Waals surface area contributed by atoms with Crippen molar-refractivity contribution >= 4 is 29.2 Å². The van der Waals surface area contributed by atoms with E-state index in [1.807, 2.05) is 18.2 Å². The summed E-state index contributed by atoms with van der Waals surface area (Å²) in [7, 11) is 0. The summed E-state index contributed by atoms with van der Waals surface area (Å²) < 4.78 is 34.0. The van der Waals surface area contributed by atoms with E-state index in [2.05, 4.69) is 15.2 Å². The summed E-state index contributed by atoms with van der Waals surface area (Å²) in [6, 6.07) is 15.2. The van der Waals surface area contributed by atoms with Crippen LogP contribution in [-0.2, 0) is 24.4 Å². The number of benzene rings is 3. The van der Waals surface area contributed by atoms with E-state index in [0.29, 0.717) is 82.4 Å². The molecular formula is C39H39Cl2FN4O7. The maximum Gasteiger partial charge on any atom is 0.326 e. The molecule has 2 heterocycles. The number of ether oxygens (including phenoxy) is 3. The second kappa shape index (κ2) is 16.7. The number of halogens is 3. The van der Waals surface area contributed by atoms with E-state index in [0.717, 1.165) is 18.5 Å². The summed E-state index contributed by atoms with van der Waals surface area (Å²) >= 11 is 13.6. The number of carbonyl (C=O) groups is 1. The largest absolute Gasteiger partial charge is 0.492 e. The Balaban J connectivity index is 1.24. The molecule has 6 rings (SSSR count). The van der Waals surface area contributed by atoms with Crippen molar-refractivity contribution in [3.8, 4) is 34.4 Å². The normalized spacial score (nSPS) is 16.7. The van der Waals surface area contributed by atoms with Gasteiger partial charge in [0, 0.05) is 61.3 Å². The van der Waals surface area contributed by atoms with E-state index in [1.54, 1.807) is 30.5 Å². The van der Waals surface area contributed by atoms with Gasteiger partial charge < -0.3 is 29.5 Å². The van der Waals surface area contributed by atoms with Gasteiger partial charge in [-0.25, -0.2) is 4.39 Å². The monoisotopic (exact) mass is 764 g/mol. The molecule has 1 aliphatic heterocycles. The Bertz CT molecular complexity index is 2020. The second-order valence-corrected chi connectivity index (χ2v) is 14.2. The topological polar surface area (TPSA) is 157 Å². The number of aliphatic carboxylic acids is 1. The van der Waals surface area contributed by atoms with Crippen molar-refractivity contribution in [1.29, 1.82) is 5.26 Å². The Morgan fingerprint density at radius 3 is 2.66 bits per heavy atom. The molecule has 0 bridgehead atoms. The van der Waals surface area contributed by atoms with E-state index in [-0.39, 0.29) is 30.0 Å². The van der Waals surface area contributed by atoms with Crippen LogP contribution in [0.4, 0.5) is 4.39 Å². The number of fused-ring (bicyclic) bond motifs is 1. The highest BCUT2D eigenvalue weighted by atomic mass is 35.5. The molecular weight excluding hydrogens is 726 g/mol. The number of aliphatic hydroxyl groups is 2. The second-order valence-electron chi connectivity index (χ2n) is 13.4. The van der Waals surface area contributed by atoms with Gasteiger partial charge in [-0.15, -0.1) is 0 Å². The van der Waals surface area contributed by atoms with Crippen molar-refractivity contribution in [3.05, 3.63) is 105 Å². The minimum atomic E-state index is -1.63. The molecule has 1 fully saturated rings. The van der Waals surface area contributed by atoms with Crippen LogP contribution >= 0.6 is 23.2 Å². The van der Waals surface area contributed by atoms with Crippen LogP contribution in [0, 0.1) is 17.1 Å². The number of likely N-dealkylation sites (tertiary alicyclic amines) is 1. The number of aliphatic hydroxyl groups excluding tert-OH is 2. The Kier molecular flexibility index (Phi) is 12.0. The van der Waals surface area contributed by atoms with Gasteiger partial charge in [0.15, 0.2) is 0 Å². The fourth-order valence-electron chi connectivity index (χ4n) is 6.41. The first kappa shape index (κ1) is 38.3. The molecule has 1 aromatic heterocycles. The Morgan fingerprint density at radius 1 is 1.11 bits per heavy atom. The standard InChI is InChI=1S/C39H39Cl2FN4O7/c1-39(22-47,38(49)50)45-18-25-11-32(40)36(14-35(25)52-21-24-10-23(15-43)16-44-17-24)53-33-7-6-28-30(12-26(42)13-31(28)33)29-4-2-5-34(37(29)41)51-9-3-8-46-19-27(48)20-46/h2,4-5,10-14,16-17,27,33,45,47-48H,3,6-9,18-22H2,1H3,(H,49,50)/t33-,39-/m0/s1. The molecule has 278 valence electrons. The average Bonchev–Trinajstić information content (AvgIpc) is 3.53. The first-order valence-electron chi connectivity index (χ1n) is 17.2. The number of hydrogen-bond donors (Lipinski definition) is 4. The molecule has 2 atom stereocenters. The summed E-state index contributed by atoms with van der Waals surface area (Å²) in [5.74, 6) is -0.608. The number of carboxylic acids is 1. The van der Waals surface area contributed by atoms with E-state index < -0.39 is 30.0 Å². The summed E-state index contributed by atoms with van der Waals surface area (Å²) in [5, 5.41) is 41.7. The molecule has 53 heavy (non-hydrogen) atoms. The minimum Gasteiger partial charge on any atom is -0.492 e. The van der Waals surface area contributed by atoms with E-state index in [1.165, 1.54) is 25.3 Å². The first-order valence-corrected chi connectivity index (χ1v) is 17.9. The van der Waals surface area contributed by atoms with Gasteiger partial charge in [-0.2, -0.15) is 5.26 Å². The summed E-state index contributed by atoms with van der Waals surface area (Å²) in [6.45, 7) is 3.30. The molecule has 0 amide bonds. The molecule has 4 aromatic rings. The zero-order valence-corrected chi connectivity index (χ0v) is 30.5. The molecule has 0 saturated carbocycles. The van der Waals surface area contributed by atoms with E-state index in [9.17, 15) is 25.4 Å². The first-order chi connectivity index (χ1) is 25.5. The van der Waals surface area contributed by atoms with Crippen molar-refractivity contribution in [2.24, 2.45) is 0 Å². The molecule has 0 spiro atoms. The highest BCUT2D eigenvalue weighted by Gasteiger charge is 2.33. The average molecular weight is 766 g/mol. The molecule has 2 aliphatic rings. The smallest absolute Gasteiger partial charge is 0.326 e. The number of hydrogen-bond acceptors (Lipinski definition) is 10. The zero-order valence-electron chi connectivity index (χ0n) is 28.9. The van der Waals surface area contributed by atoms with Gasteiger partial charge >= 0.3 is 5.97 Å². The molecule has 11 nitrogen and oxygen atoms in total. The van der Waals surface area contributed by atoms with Crippen LogP contribution in [0.2, 0.25) is 10.0 Å². The van der Waals surface area contributed by atoms with Gasteiger partial charge in [0.2, 0.25) is 0 Å². The van der Waals surface area contributed by atoms with Crippen molar-refractivity contribution in [3.63, 3.8) is 0 Å². The van der Waals surface area contributed by atoms with Crippen molar-refractivity contribution in [2.75, 3.05) is 32.8 Å². The van der Waals surface area contributed by atoms with Crippen LogP contribution in [0.3, 0.4) is 0 Å². The van der Waals surface area contributed by atoms with Crippen molar-refractivity contribution in [2.45, 2.75) is 57.1 Å². The number of rotatable bonds is 16. The fourth-order valence-corrected chi connectivity index (χ4v) is 6.93. The summed E-state index contributed by atoms with van der Waals surface area (Å²) in [4.78, 5) is 18.1. The minimum absolute atomic E-state index is 0.0257. The summed E-state index contributed by atoms with van der Waals surface area (Å²) in [5.41, 5.74) is 2.68. The third-order valence-corrected chi connectivity index (χ3v) is 10.2. The highest BCUT2D eigenvalue weighted by molar-refractivity contribution is 6.35. The lowest BCUT2D eigenvalue weighted by Gasteiger charge is -2.35. The van der Waals surface area contributed by atoms with Crippen LogP contribution in [0.1, 0.15) is 53.7 Å². The lowest BCUT2D eigenvalue weighted by molar-refractivity contribution is -0.145. The van der Waals surface area contributed by atoms with Crippen LogP contribution in [0.15, 0.2) is 60.9 Å². The lowest BCUT2D eigenvalue weighted by atomic mass is 9.96. The third kappa shape index (κ3) is 8.84. The number of aromatic nitrogens is 1. The van der Waals surface area contributed by atoms with Crippen molar-refractivity contribution in [1.82, 2.24) is 15.2 Å². The number of pyridine rings is 1. The number of nitrogens with one attached hydrogen (secondary N) is 1. The van der Waals surface area contributed by atoms with Crippen LogP contribution in [-0.4, -0.2) is 75.7 Å². The summed E-state index contributed by atoms with van der Waals surface area (Å²) in [6.07, 6.45) is 4.07. The molecule has 3 aromatic carbocycles. The molecule has 0 unspecified atom stereocenters. The van der Waals surface area contributed by atoms with Crippen LogP contribution in [0.25, 0.3) is 11.1 Å². The maximum atomic E-state index is 15.3. The third-order valence-electron chi connectivity index (χ3n) is 9.48. The van der Waals surface area contributed by atoms with Gasteiger partial charge in [-0.1, -0.05) is 35.3 Å². The number of nitrogens with zero attached hydrogens (tertiary/aromatic N) is 3. The number of carboxylic acid groups (broad SMARTS) is 1. The van der Waals surface area contributed by atoms with Gasteiger partial charge in [0.25, 0.3) is 0 Å². The fraction of sp³-hybridized carbons (Fsp3) is 0.359. The van der Waals surface area contributed by atoms with Crippen LogP contribution in [0.5, 0.6) is 17.2 Å². The molecule has 14 heteroatoms. The number of nitriles is 1. The van der Waals surface area contributed by atoms with E-state index >= 15 is 4.39 Å². The van der Waals surface area contributed by atoms with Crippen molar-refractivity contribution < 1.29 is 38.7 Å². The molecule has 1 saturated heterocycles. The number of β-amino-alcohol motifs (C(OH)–C–C–N with tert-alkyl or cyclic N) is 1. The zero-order chi connectivity index (χ0) is 37.7. The molecule has 0 radical (unpaired) electrons. The molecule has 1 aliphatic carbocycles.